The van der Waals surface area contributed by atoms with Gasteiger partial charge in [-0.1, -0.05) is 12.2 Å². The standard InChI is InChI=1S/C17H21FN4OS/c1-9-12-14(23)20-16(19)21-15(12)24-13(9)11-7-10(8-22(3)4)5-6-17(11,2)18/h5-7,11H,8H2,1-4H3,(H3,19,20,21,23). The molecule has 128 valence electrons. The molecule has 2 unspecified atom stereocenters. The molecule has 0 aromatic carbocycles. The minimum Gasteiger partial charge on any atom is -0.369 e. The molecule has 0 radical (unpaired) electrons. The topological polar surface area (TPSA) is 75.0 Å². The fourth-order valence-corrected chi connectivity index (χ4v) is 4.46. The number of hydrogen-bond acceptors (Lipinski definition) is 5. The summed E-state index contributed by atoms with van der Waals surface area (Å²) in [5.41, 5.74) is 5.67. The number of halogens is 1. The highest BCUT2D eigenvalue weighted by molar-refractivity contribution is 7.19. The van der Waals surface area contributed by atoms with Gasteiger partial charge in [0.05, 0.1) is 5.39 Å². The van der Waals surface area contributed by atoms with E-state index in [9.17, 15) is 4.79 Å². The van der Waals surface area contributed by atoms with E-state index in [1.165, 1.54) is 11.3 Å². The molecule has 2 heterocycles. The third-order valence-electron chi connectivity index (χ3n) is 4.25. The lowest BCUT2D eigenvalue weighted by molar-refractivity contribution is 0.230. The molecule has 2 aromatic heterocycles. The monoisotopic (exact) mass is 348 g/mol. The average molecular weight is 348 g/mol. The number of nitrogens with two attached hydrogens (primary N) is 1. The fraction of sp³-hybridized carbons (Fsp3) is 0.412. The Bertz CT molecular complexity index is 907. The number of anilines is 1. The maximum atomic E-state index is 15.2. The van der Waals surface area contributed by atoms with Gasteiger partial charge < -0.3 is 10.6 Å². The van der Waals surface area contributed by atoms with Gasteiger partial charge in [0.25, 0.3) is 5.56 Å². The zero-order chi connectivity index (χ0) is 17.6. The maximum Gasteiger partial charge on any atom is 0.261 e. The molecule has 5 nitrogen and oxygen atoms in total. The molecule has 0 amide bonds. The first-order valence-electron chi connectivity index (χ1n) is 7.71. The van der Waals surface area contributed by atoms with Crippen LogP contribution < -0.4 is 11.3 Å². The Morgan fingerprint density at radius 2 is 2.21 bits per heavy atom. The maximum absolute atomic E-state index is 15.2. The van der Waals surface area contributed by atoms with Gasteiger partial charge in [0.2, 0.25) is 5.95 Å². The number of fused-ring (bicyclic) bond motifs is 1. The third-order valence-corrected chi connectivity index (χ3v) is 5.52. The van der Waals surface area contributed by atoms with E-state index in [1.807, 2.05) is 38.1 Å². The lowest BCUT2D eigenvalue weighted by atomic mass is 9.82. The molecule has 1 aliphatic carbocycles. The summed E-state index contributed by atoms with van der Waals surface area (Å²) in [6.07, 6.45) is 5.39. The highest BCUT2D eigenvalue weighted by Crippen LogP contribution is 2.44. The second kappa shape index (κ2) is 5.82. The van der Waals surface area contributed by atoms with Gasteiger partial charge in [0.1, 0.15) is 10.5 Å². The average Bonchev–Trinajstić information content (AvgIpc) is 2.77. The first-order chi connectivity index (χ1) is 11.2. The Kier molecular flexibility index (Phi) is 4.09. The normalized spacial score (nSPS) is 23.9. The number of rotatable bonds is 3. The number of nitrogen functional groups attached to an aromatic ring is 1. The largest absolute Gasteiger partial charge is 0.369 e. The van der Waals surface area contributed by atoms with Gasteiger partial charge in [-0.2, -0.15) is 0 Å². The molecule has 0 saturated heterocycles. The van der Waals surface area contributed by atoms with Crippen LogP contribution in [0.4, 0.5) is 10.3 Å². The van der Waals surface area contributed by atoms with Crippen molar-refractivity contribution in [3.05, 3.63) is 44.6 Å². The second-order valence-corrected chi connectivity index (χ2v) is 7.69. The molecule has 0 aliphatic heterocycles. The van der Waals surface area contributed by atoms with Crippen molar-refractivity contribution in [1.82, 2.24) is 14.9 Å². The summed E-state index contributed by atoms with van der Waals surface area (Å²) in [4.78, 5) is 22.3. The number of hydrogen-bond donors (Lipinski definition) is 2. The van der Waals surface area contributed by atoms with Crippen LogP contribution in [0.25, 0.3) is 10.2 Å². The van der Waals surface area contributed by atoms with E-state index >= 15 is 4.39 Å². The number of nitrogens with one attached hydrogen (secondary N) is 1. The van der Waals surface area contributed by atoms with Crippen LogP contribution in [0.2, 0.25) is 0 Å². The summed E-state index contributed by atoms with van der Waals surface area (Å²) >= 11 is 1.34. The predicted molar refractivity (Wildman–Crippen MR) is 97.4 cm³/mol. The number of aromatic amines is 1. The minimum atomic E-state index is -1.51. The Morgan fingerprint density at radius 3 is 2.88 bits per heavy atom. The van der Waals surface area contributed by atoms with Crippen molar-refractivity contribution in [3.8, 4) is 0 Å². The van der Waals surface area contributed by atoms with Gasteiger partial charge in [-0.25, -0.2) is 9.37 Å². The summed E-state index contributed by atoms with van der Waals surface area (Å²) in [6, 6.07) is 0. The van der Waals surface area contributed by atoms with Crippen molar-refractivity contribution in [2.24, 2.45) is 0 Å². The molecule has 3 N–H and O–H groups in total. The third kappa shape index (κ3) is 2.89. The van der Waals surface area contributed by atoms with Crippen LogP contribution in [0.1, 0.15) is 23.3 Å². The van der Waals surface area contributed by atoms with Gasteiger partial charge in [-0.3, -0.25) is 9.78 Å². The van der Waals surface area contributed by atoms with Crippen LogP contribution >= 0.6 is 11.3 Å². The van der Waals surface area contributed by atoms with Crippen molar-refractivity contribution in [2.45, 2.75) is 25.4 Å². The lowest BCUT2D eigenvalue weighted by Crippen LogP contribution is -2.28. The molecular weight excluding hydrogens is 327 g/mol. The summed E-state index contributed by atoms with van der Waals surface area (Å²) in [5, 5.41) is 0.497. The SMILES string of the molecule is Cc1c(C2C=C(CN(C)C)C=CC2(C)F)sc2nc(N)[nH]c(=O)c12. The zero-order valence-electron chi connectivity index (χ0n) is 14.2. The van der Waals surface area contributed by atoms with Gasteiger partial charge in [-0.15, -0.1) is 11.3 Å². The molecule has 2 aromatic rings. The Hall–Kier alpha value is -1.99. The van der Waals surface area contributed by atoms with Crippen LogP contribution in [0.3, 0.4) is 0 Å². The van der Waals surface area contributed by atoms with Crippen LogP contribution in [-0.4, -0.2) is 41.2 Å². The van der Waals surface area contributed by atoms with Crippen molar-refractivity contribution < 1.29 is 4.39 Å². The van der Waals surface area contributed by atoms with Crippen LogP contribution in [0, 0.1) is 6.92 Å². The summed E-state index contributed by atoms with van der Waals surface area (Å²) < 4.78 is 15.2. The zero-order valence-corrected chi connectivity index (χ0v) is 15.0. The molecule has 24 heavy (non-hydrogen) atoms. The van der Waals surface area contributed by atoms with E-state index < -0.39 is 11.6 Å². The highest BCUT2D eigenvalue weighted by atomic mass is 32.1. The Labute approximate surface area is 143 Å². The molecule has 0 fully saturated rings. The molecule has 0 bridgehead atoms. The van der Waals surface area contributed by atoms with Gasteiger partial charge in [0.15, 0.2) is 0 Å². The Balaban J connectivity index is 2.16. The number of aromatic nitrogens is 2. The number of thiophene rings is 1. The van der Waals surface area contributed by atoms with Crippen molar-refractivity contribution >= 4 is 27.5 Å². The van der Waals surface area contributed by atoms with Crippen molar-refractivity contribution in [1.29, 1.82) is 0 Å². The van der Waals surface area contributed by atoms with E-state index in [0.29, 0.717) is 10.2 Å². The van der Waals surface area contributed by atoms with Crippen LogP contribution in [0.5, 0.6) is 0 Å². The second-order valence-electron chi connectivity index (χ2n) is 6.66. The van der Waals surface area contributed by atoms with E-state index in [0.717, 1.165) is 22.6 Å². The predicted octanol–water partition coefficient (Wildman–Crippen LogP) is 2.74. The molecular formula is C17H21FN4OS. The number of alkyl halides is 1. The summed E-state index contributed by atoms with van der Waals surface area (Å²) in [6.45, 7) is 4.14. The number of H-pyrrole nitrogens is 1. The number of aryl methyl sites for hydroxylation is 1. The van der Waals surface area contributed by atoms with Crippen LogP contribution in [-0.2, 0) is 0 Å². The molecule has 0 spiro atoms. The molecule has 1 aliphatic rings. The van der Waals surface area contributed by atoms with E-state index in [4.69, 9.17) is 5.73 Å². The van der Waals surface area contributed by atoms with E-state index in [-0.39, 0.29) is 11.5 Å². The van der Waals surface area contributed by atoms with E-state index in [2.05, 4.69) is 9.97 Å². The van der Waals surface area contributed by atoms with Crippen molar-refractivity contribution in [2.75, 3.05) is 26.4 Å². The Morgan fingerprint density at radius 1 is 1.50 bits per heavy atom. The lowest BCUT2D eigenvalue weighted by Gasteiger charge is -2.30. The smallest absolute Gasteiger partial charge is 0.261 e. The van der Waals surface area contributed by atoms with E-state index in [1.54, 1.807) is 13.0 Å². The summed E-state index contributed by atoms with van der Waals surface area (Å²) in [7, 11) is 3.95. The minimum absolute atomic E-state index is 0.0793. The number of nitrogens with zero attached hydrogens (tertiary/aromatic N) is 2. The van der Waals surface area contributed by atoms with Crippen molar-refractivity contribution in [3.63, 3.8) is 0 Å². The highest BCUT2D eigenvalue weighted by Gasteiger charge is 2.36. The molecule has 7 heteroatoms. The number of allylic oxidation sites excluding steroid dienone is 2. The molecule has 3 rings (SSSR count). The molecule has 2 atom stereocenters. The fourth-order valence-electron chi connectivity index (χ4n) is 3.08. The quantitative estimate of drug-likeness (QED) is 0.894. The van der Waals surface area contributed by atoms with Gasteiger partial charge in [0, 0.05) is 17.3 Å². The first-order valence-corrected chi connectivity index (χ1v) is 8.53. The molecule has 0 saturated carbocycles. The van der Waals surface area contributed by atoms with Gasteiger partial charge >= 0.3 is 0 Å². The van der Waals surface area contributed by atoms with Crippen LogP contribution in [0.15, 0.2) is 28.6 Å². The van der Waals surface area contributed by atoms with Gasteiger partial charge in [-0.05, 0) is 45.2 Å². The number of likely N-dealkylation sites (N-methyl/N-ethyl adjacent to an activating group) is 1. The summed E-state index contributed by atoms with van der Waals surface area (Å²) in [5.74, 6) is -0.368. The first kappa shape index (κ1) is 16.9.